The van der Waals surface area contributed by atoms with Gasteiger partial charge in [-0.15, -0.1) is 0 Å². The molecule has 2 aliphatic rings. The minimum atomic E-state index is -0.395. The number of hydrogen-bond acceptors (Lipinski definition) is 5. The first-order chi connectivity index (χ1) is 9.30. The van der Waals surface area contributed by atoms with Crippen LogP contribution >= 0.6 is 0 Å². The molecule has 0 amide bonds. The summed E-state index contributed by atoms with van der Waals surface area (Å²) in [5, 5.41) is 0. The highest BCUT2D eigenvalue weighted by Crippen LogP contribution is 2.37. The van der Waals surface area contributed by atoms with E-state index in [2.05, 4.69) is 9.88 Å². The van der Waals surface area contributed by atoms with Crippen LogP contribution in [0, 0.1) is 0 Å². The highest BCUT2D eigenvalue weighted by molar-refractivity contribution is 6.62. The van der Waals surface area contributed by atoms with Crippen LogP contribution in [0.4, 0.5) is 5.82 Å². The van der Waals surface area contributed by atoms with E-state index in [4.69, 9.17) is 14.0 Å². The summed E-state index contributed by atoms with van der Waals surface area (Å²) >= 11 is 0. The molecule has 0 radical (unpaired) electrons. The maximum absolute atomic E-state index is 6.04. The standard InChI is InChI=1S/C14H21BN2O3/c1-13(2)14(3,4)20-15(19-13)10-8-11-12(16-9-10)17(5)6-7-18-11/h8-9H,6-7H2,1-5H3. The molecule has 0 atom stereocenters. The van der Waals surface area contributed by atoms with Gasteiger partial charge in [0.05, 0.1) is 17.7 Å². The van der Waals surface area contributed by atoms with Crippen molar-refractivity contribution in [2.24, 2.45) is 0 Å². The van der Waals surface area contributed by atoms with Crippen LogP contribution in [0.3, 0.4) is 0 Å². The van der Waals surface area contributed by atoms with Gasteiger partial charge in [-0.1, -0.05) is 0 Å². The smallest absolute Gasteiger partial charge is 0.488 e. The quantitative estimate of drug-likeness (QED) is 0.721. The third-order valence-corrected chi connectivity index (χ3v) is 4.43. The summed E-state index contributed by atoms with van der Waals surface area (Å²) in [6, 6.07) is 1.97. The molecule has 20 heavy (non-hydrogen) atoms. The van der Waals surface area contributed by atoms with Gasteiger partial charge in [0.1, 0.15) is 6.61 Å². The Morgan fingerprint density at radius 2 is 1.85 bits per heavy atom. The average molecular weight is 276 g/mol. The molecule has 2 aliphatic heterocycles. The normalized spacial score (nSPS) is 23.4. The van der Waals surface area contributed by atoms with Crippen molar-refractivity contribution in [3.05, 3.63) is 12.3 Å². The van der Waals surface area contributed by atoms with Crippen LogP contribution < -0.4 is 15.1 Å². The topological polar surface area (TPSA) is 43.8 Å². The molecule has 0 bridgehead atoms. The van der Waals surface area contributed by atoms with Crippen LogP contribution in [-0.4, -0.2) is 43.5 Å². The monoisotopic (exact) mass is 276 g/mol. The molecular weight excluding hydrogens is 255 g/mol. The molecule has 0 spiro atoms. The van der Waals surface area contributed by atoms with Crippen molar-refractivity contribution in [1.29, 1.82) is 0 Å². The Balaban J connectivity index is 1.90. The predicted octanol–water partition coefficient (Wildman–Crippen LogP) is 1.21. The molecular formula is C14H21BN2O3. The summed E-state index contributed by atoms with van der Waals surface area (Å²) in [5.41, 5.74) is 0.217. The van der Waals surface area contributed by atoms with Gasteiger partial charge < -0.3 is 18.9 Å². The maximum Gasteiger partial charge on any atom is 0.496 e. The molecule has 3 rings (SSSR count). The molecule has 1 aromatic heterocycles. The Morgan fingerprint density at radius 1 is 1.20 bits per heavy atom. The SMILES string of the molecule is CN1CCOc2cc(B3OC(C)(C)C(C)(C)O3)cnc21. The van der Waals surface area contributed by atoms with Gasteiger partial charge in [-0.05, 0) is 33.8 Å². The van der Waals surface area contributed by atoms with E-state index in [9.17, 15) is 0 Å². The van der Waals surface area contributed by atoms with Crippen LogP contribution in [0.25, 0.3) is 0 Å². The van der Waals surface area contributed by atoms with Gasteiger partial charge in [0, 0.05) is 18.7 Å². The zero-order chi connectivity index (χ0) is 14.5. The van der Waals surface area contributed by atoms with Gasteiger partial charge in [0.25, 0.3) is 0 Å². The van der Waals surface area contributed by atoms with Gasteiger partial charge >= 0.3 is 7.12 Å². The van der Waals surface area contributed by atoms with Crippen molar-refractivity contribution in [3.63, 3.8) is 0 Å². The molecule has 1 saturated heterocycles. The third-order valence-electron chi connectivity index (χ3n) is 4.43. The summed E-state index contributed by atoms with van der Waals surface area (Å²) in [7, 11) is 1.62. The zero-order valence-corrected chi connectivity index (χ0v) is 12.8. The molecule has 0 aliphatic carbocycles. The van der Waals surface area contributed by atoms with Crippen molar-refractivity contribution in [3.8, 4) is 5.75 Å². The van der Waals surface area contributed by atoms with Gasteiger partial charge in [-0.2, -0.15) is 0 Å². The number of likely N-dealkylation sites (N-methyl/N-ethyl adjacent to an activating group) is 1. The molecule has 0 N–H and O–H groups in total. The molecule has 0 aromatic carbocycles. The molecule has 3 heterocycles. The van der Waals surface area contributed by atoms with Gasteiger partial charge in [0.2, 0.25) is 0 Å². The average Bonchev–Trinajstić information content (AvgIpc) is 2.58. The fourth-order valence-corrected chi connectivity index (χ4v) is 2.35. The lowest BCUT2D eigenvalue weighted by Gasteiger charge is -2.32. The van der Waals surface area contributed by atoms with E-state index in [1.165, 1.54) is 0 Å². The Morgan fingerprint density at radius 3 is 2.50 bits per heavy atom. The number of rotatable bonds is 1. The third kappa shape index (κ3) is 2.07. The number of hydrogen-bond donors (Lipinski definition) is 0. The lowest BCUT2D eigenvalue weighted by Crippen LogP contribution is -2.41. The molecule has 0 unspecified atom stereocenters. The van der Waals surface area contributed by atoms with Crippen molar-refractivity contribution < 1.29 is 14.0 Å². The predicted molar refractivity (Wildman–Crippen MR) is 78.7 cm³/mol. The number of fused-ring (bicyclic) bond motifs is 1. The summed E-state index contributed by atoms with van der Waals surface area (Å²) < 4.78 is 17.8. The van der Waals surface area contributed by atoms with Gasteiger partial charge in [-0.3, -0.25) is 0 Å². The zero-order valence-electron chi connectivity index (χ0n) is 12.8. The first-order valence-electron chi connectivity index (χ1n) is 7.00. The summed E-state index contributed by atoms with van der Waals surface area (Å²) in [5.74, 6) is 1.67. The number of ether oxygens (including phenoxy) is 1. The lowest BCUT2D eigenvalue weighted by atomic mass is 9.80. The minimum absolute atomic E-state index is 0.342. The van der Waals surface area contributed by atoms with Crippen LogP contribution in [0.2, 0.25) is 0 Å². The molecule has 0 saturated carbocycles. The summed E-state index contributed by atoms with van der Waals surface area (Å²) in [4.78, 5) is 6.57. The number of anilines is 1. The van der Waals surface area contributed by atoms with E-state index >= 15 is 0 Å². The number of pyridine rings is 1. The molecule has 6 heteroatoms. The Hall–Kier alpha value is -1.27. The van der Waals surface area contributed by atoms with Gasteiger partial charge in [0.15, 0.2) is 11.6 Å². The Kier molecular flexibility index (Phi) is 2.99. The fourth-order valence-electron chi connectivity index (χ4n) is 2.35. The van der Waals surface area contributed by atoms with E-state index in [-0.39, 0.29) is 11.2 Å². The molecule has 5 nitrogen and oxygen atoms in total. The first-order valence-corrected chi connectivity index (χ1v) is 7.00. The number of nitrogens with zero attached hydrogens (tertiary/aromatic N) is 2. The molecule has 1 fully saturated rings. The second-order valence-corrected chi connectivity index (χ2v) is 6.45. The van der Waals surface area contributed by atoms with E-state index in [0.717, 1.165) is 23.6 Å². The van der Waals surface area contributed by atoms with E-state index in [1.807, 2.05) is 47.0 Å². The van der Waals surface area contributed by atoms with Gasteiger partial charge in [-0.25, -0.2) is 4.98 Å². The van der Waals surface area contributed by atoms with Crippen molar-refractivity contribution in [1.82, 2.24) is 4.98 Å². The highest BCUT2D eigenvalue weighted by Gasteiger charge is 2.52. The lowest BCUT2D eigenvalue weighted by molar-refractivity contribution is 0.00578. The van der Waals surface area contributed by atoms with E-state index in [1.54, 1.807) is 0 Å². The maximum atomic E-state index is 6.04. The largest absolute Gasteiger partial charge is 0.496 e. The van der Waals surface area contributed by atoms with Crippen molar-refractivity contribution >= 4 is 18.4 Å². The summed E-state index contributed by atoms with van der Waals surface area (Å²) in [6.07, 6.45) is 1.81. The minimum Gasteiger partial charge on any atom is -0.488 e. The van der Waals surface area contributed by atoms with Crippen LogP contribution in [0.15, 0.2) is 12.3 Å². The van der Waals surface area contributed by atoms with Crippen LogP contribution in [-0.2, 0) is 9.31 Å². The van der Waals surface area contributed by atoms with Crippen molar-refractivity contribution in [2.75, 3.05) is 25.1 Å². The summed E-state index contributed by atoms with van der Waals surface area (Å²) in [6.45, 7) is 9.71. The van der Waals surface area contributed by atoms with E-state index < -0.39 is 7.12 Å². The van der Waals surface area contributed by atoms with E-state index in [0.29, 0.717) is 6.61 Å². The molecule has 108 valence electrons. The van der Waals surface area contributed by atoms with Crippen LogP contribution in [0.1, 0.15) is 27.7 Å². The fraction of sp³-hybridized carbons (Fsp3) is 0.643. The Bertz CT molecular complexity index is 517. The highest BCUT2D eigenvalue weighted by atomic mass is 16.7. The molecule has 1 aromatic rings. The second-order valence-electron chi connectivity index (χ2n) is 6.45. The van der Waals surface area contributed by atoms with Crippen molar-refractivity contribution in [2.45, 2.75) is 38.9 Å². The second kappa shape index (κ2) is 4.36. The Labute approximate surface area is 120 Å². The number of aromatic nitrogens is 1. The van der Waals surface area contributed by atoms with Crippen LogP contribution in [0.5, 0.6) is 5.75 Å². The first kappa shape index (κ1) is 13.7.